The molecule has 1 aliphatic heterocycles. The van der Waals surface area contributed by atoms with Gasteiger partial charge in [0, 0.05) is 37.1 Å². The van der Waals surface area contributed by atoms with E-state index in [1.54, 1.807) is 11.1 Å². The maximum Gasteiger partial charge on any atom is 0.322 e. The standard InChI is InChI=1S/C16H18N4O2/c1-11-10-18-14(21)7-9-20(11)16(22)19-13-6-2-4-12-5-3-8-17-15(12)13/h2-6,8,11H,7,9-10H2,1H3,(H,18,21)(H,19,22). The van der Waals surface area contributed by atoms with Crippen LogP contribution in [0.4, 0.5) is 10.5 Å². The van der Waals surface area contributed by atoms with E-state index in [2.05, 4.69) is 15.6 Å². The number of hydrogen-bond donors (Lipinski definition) is 2. The first-order valence-corrected chi connectivity index (χ1v) is 7.33. The Labute approximate surface area is 128 Å². The number of amides is 3. The number of aromatic nitrogens is 1. The fraction of sp³-hybridized carbons (Fsp3) is 0.312. The highest BCUT2D eigenvalue weighted by Gasteiger charge is 2.24. The van der Waals surface area contributed by atoms with Crippen molar-refractivity contribution in [3.8, 4) is 0 Å². The second-order valence-electron chi connectivity index (χ2n) is 5.41. The summed E-state index contributed by atoms with van der Waals surface area (Å²) in [5, 5.41) is 6.69. The number of pyridine rings is 1. The minimum absolute atomic E-state index is 0.0195. The minimum Gasteiger partial charge on any atom is -0.354 e. The fourth-order valence-electron chi connectivity index (χ4n) is 2.60. The summed E-state index contributed by atoms with van der Waals surface area (Å²) in [6, 6.07) is 9.23. The fourth-order valence-corrected chi connectivity index (χ4v) is 2.60. The number of hydrogen-bond acceptors (Lipinski definition) is 3. The first kappa shape index (κ1) is 14.3. The van der Waals surface area contributed by atoms with Crippen molar-refractivity contribution in [3.63, 3.8) is 0 Å². The molecule has 1 fully saturated rings. The third-order valence-corrected chi connectivity index (χ3v) is 3.84. The summed E-state index contributed by atoms with van der Waals surface area (Å²) in [5.74, 6) is -0.0195. The molecule has 0 aliphatic carbocycles. The zero-order valence-corrected chi connectivity index (χ0v) is 12.4. The molecule has 1 unspecified atom stereocenters. The van der Waals surface area contributed by atoms with Crippen LogP contribution in [0, 0.1) is 0 Å². The number of benzene rings is 1. The van der Waals surface area contributed by atoms with Crippen molar-refractivity contribution in [2.24, 2.45) is 0 Å². The minimum atomic E-state index is -0.206. The Morgan fingerprint density at radius 1 is 1.36 bits per heavy atom. The van der Waals surface area contributed by atoms with E-state index in [0.29, 0.717) is 25.2 Å². The lowest BCUT2D eigenvalue weighted by atomic mass is 10.2. The molecule has 1 saturated heterocycles. The summed E-state index contributed by atoms with van der Waals surface area (Å²) < 4.78 is 0. The molecule has 6 nitrogen and oxygen atoms in total. The summed E-state index contributed by atoms with van der Waals surface area (Å²) in [6.07, 6.45) is 2.03. The van der Waals surface area contributed by atoms with Gasteiger partial charge in [0.1, 0.15) is 0 Å². The number of anilines is 1. The highest BCUT2D eigenvalue weighted by atomic mass is 16.2. The van der Waals surface area contributed by atoms with Gasteiger partial charge in [0.25, 0.3) is 0 Å². The number of rotatable bonds is 1. The maximum absolute atomic E-state index is 12.5. The monoisotopic (exact) mass is 298 g/mol. The molecule has 2 N–H and O–H groups in total. The molecule has 1 atom stereocenters. The van der Waals surface area contributed by atoms with E-state index in [0.717, 1.165) is 10.9 Å². The Balaban J connectivity index is 1.82. The molecular formula is C16H18N4O2. The Morgan fingerprint density at radius 3 is 3.05 bits per heavy atom. The van der Waals surface area contributed by atoms with Gasteiger partial charge in [0.05, 0.1) is 11.2 Å². The Kier molecular flexibility index (Phi) is 3.91. The first-order valence-electron chi connectivity index (χ1n) is 7.33. The molecule has 3 rings (SSSR count). The van der Waals surface area contributed by atoms with Gasteiger partial charge >= 0.3 is 6.03 Å². The molecule has 0 bridgehead atoms. The van der Waals surface area contributed by atoms with Crippen molar-refractivity contribution in [2.45, 2.75) is 19.4 Å². The van der Waals surface area contributed by atoms with Gasteiger partial charge in [-0.05, 0) is 19.1 Å². The van der Waals surface area contributed by atoms with Crippen molar-refractivity contribution >= 4 is 28.5 Å². The molecule has 3 amide bonds. The molecule has 1 aliphatic rings. The number of fused-ring (bicyclic) bond motifs is 1. The third-order valence-electron chi connectivity index (χ3n) is 3.84. The van der Waals surface area contributed by atoms with E-state index >= 15 is 0 Å². The highest BCUT2D eigenvalue weighted by Crippen LogP contribution is 2.21. The maximum atomic E-state index is 12.5. The van der Waals surface area contributed by atoms with Crippen LogP contribution < -0.4 is 10.6 Å². The average Bonchev–Trinajstić information content (AvgIpc) is 2.69. The Morgan fingerprint density at radius 2 is 2.18 bits per heavy atom. The second kappa shape index (κ2) is 6.01. The molecular weight excluding hydrogens is 280 g/mol. The Hall–Kier alpha value is -2.63. The molecule has 0 saturated carbocycles. The SMILES string of the molecule is CC1CNC(=O)CCN1C(=O)Nc1cccc2cccnc12. The highest BCUT2D eigenvalue weighted by molar-refractivity contribution is 5.99. The van der Waals surface area contributed by atoms with E-state index < -0.39 is 0 Å². The summed E-state index contributed by atoms with van der Waals surface area (Å²) in [6.45, 7) is 2.81. The molecule has 2 aromatic rings. The molecule has 1 aromatic heterocycles. The summed E-state index contributed by atoms with van der Waals surface area (Å²) in [4.78, 5) is 30.0. The number of nitrogens with zero attached hydrogens (tertiary/aromatic N) is 2. The van der Waals surface area contributed by atoms with Crippen LogP contribution in [0.2, 0.25) is 0 Å². The van der Waals surface area contributed by atoms with E-state index in [4.69, 9.17) is 0 Å². The van der Waals surface area contributed by atoms with Crippen LogP contribution in [-0.4, -0.2) is 41.0 Å². The predicted octanol–water partition coefficient (Wildman–Crippen LogP) is 1.98. The molecule has 0 radical (unpaired) electrons. The van der Waals surface area contributed by atoms with Crippen LogP contribution >= 0.6 is 0 Å². The van der Waals surface area contributed by atoms with E-state index in [9.17, 15) is 9.59 Å². The van der Waals surface area contributed by atoms with Gasteiger partial charge in [-0.2, -0.15) is 0 Å². The van der Waals surface area contributed by atoms with Gasteiger partial charge in [0.15, 0.2) is 0 Å². The Bertz CT molecular complexity index is 711. The predicted molar refractivity (Wildman–Crippen MR) is 84.6 cm³/mol. The van der Waals surface area contributed by atoms with E-state index in [1.807, 2.05) is 37.3 Å². The van der Waals surface area contributed by atoms with Gasteiger partial charge in [0.2, 0.25) is 5.91 Å². The molecule has 0 spiro atoms. The van der Waals surface area contributed by atoms with Crippen LogP contribution in [0.25, 0.3) is 10.9 Å². The summed E-state index contributed by atoms with van der Waals surface area (Å²) in [5.41, 5.74) is 1.44. The van der Waals surface area contributed by atoms with Gasteiger partial charge < -0.3 is 15.5 Å². The average molecular weight is 298 g/mol. The number of nitrogens with one attached hydrogen (secondary N) is 2. The summed E-state index contributed by atoms with van der Waals surface area (Å²) in [7, 11) is 0. The number of para-hydroxylation sites is 1. The van der Waals surface area contributed by atoms with Crippen molar-refractivity contribution < 1.29 is 9.59 Å². The zero-order valence-electron chi connectivity index (χ0n) is 12.4. The molecule has 1 aromatic carbocycles. The van der Waals surface area contributed by atoms with Crippen molar-refractivity contribution in [2.75, 3.05) is 18.4 Å². The van der Waals surface area contributed by atoms with Crippen LogP contribution in [-0.2, 0) is 4.79 Å². The molecule has 6 heteroatoms. The lowest BCUT2D eigenvalue weighted by Crippen LogP contribution is -2.44. The van der Waals surface area contributed by atoms with Crippen molar-refractivity contribution in [1.82, 2.24) is 15.2 Å². The summed E-state index contributed by atoms with van der Waals surface area (Å²) >= 11 is 0. The van der Waals surface area contributed by atoms with Crippen molar-refractivity contribution in [1.29, 1.82) is 0 Å². The van der Waals surface area contributed by atoms with E-state index in [1.165, 1.54) is 0 Å². The van der Waals surface area contributed by atoms with Crippen LogP contribution in [0.15, 0.2) is 36.5 Å². The normalized spacial score (nSPS) is 18.7. The lowest BCUT2D eigenvalue weighted by Gasteiger charge is -2.26. The zero-order chi connectivity index (χ0) is 15.5. The van der Waals surface area contributed by atoms with Crippen LogP contribution in [0.5, 0.6) is 0 Å². The molecule has 114 valence electrons. The number of urea groups is 1. The third kappa shape index (κ3) is 2.86. The van der Waals surface area contributed by atoms with Crippen LogP contribution in [0.1, 0.15) is 13.3 Å². The first-order chi connectivity index (χ1) is 10.6. The van der Waals surface area contributed by atoms with Gasteiger partial charge in [-0.3, -0.25) is 9.78 Å². The van der Waals surface area contributed by atoms with Crippen molar-refractivity contribution in [3.05, 3.63) is 36.5 Å². The lowest BCUT2D eigenvalue weighted by molar-refractivity contribution is -0.120. The topological polar surface area (TPSA) is 74.3 Å². The molecule has 2 heterocycles. The smallest absolute Gasteiger partial charge is 0.322 e. The van der Waals surface area contributed by atoms with Crippen LogP contribution in [0.3, 0.4) is 0 Å². The van der Waals surface area contributed by atoms with Gasteiger partial charge in [-0.25, -0.2) is 4.79 Å². The molecule has 22 heavy (non-hydrogen) atoms. The number of carbonyl (C=O) groups is 2. The second-order valence-corrected chi connectivity index (χ2v) is 5.41. The van der Waals surface area contributed by atoms with Gasteiger partial charge in [-0.1, -0.05) is 18.2 Å². The largest absolute Gasteiger partial charge is 0.354 e. The van der Waals surface area contributed by atoms with Gasteiger partial charge in [-0.15, -0.1) is 0 Å². The van der Waals surface area contributed by atoms with E-state index in [-0.39, 0.29) is 18.0 Å². The quantitative estimate of drug-likeness (QED) is 0.845. The number of carbonyl (C=O) groups excluding carboxylic acids is 2.